The summed E-state index contributed by atoms with van der Waals surface area (Å²) in [5.41, 5.74) is 3.12. The number of halogens is 3. The van der Waals surface area contributed by atoms with Crippen LogP contribution in [-0.2, 0) is 28.2 Å². The molecule has 2 heterocycles. The van der Waals surface area contributed by atoms with E-state index in [4.69, 9.17) is 0 Å². The highest BCUT2D eigenvalue weighted by Crippen LogP contribution is 2.42. The third-order valence-corrected chi connectivity index (χ3v) is 8.08. The lowest BCUT2D eigenvalue weighted by atomic mass is 9.72. The average molecular weight is 502 g/mol. The lowest BCUT2D eigenvalue weighted by Gasteiger charge is -2.36. The summed E-state index contributed by atoms with van der Waals surface area (Å²) in [7, 11) is 2.00. The predicted molar refractivity (Wildman–Crippen MR) is 140 cm³/mol. The highest BCUT2D eigenvalue weighted by molar-refractivity contribution is 5.93. The molecule has 2 aromatic rings. The minimum Gasteiger partial charge on any atom is -0.368 e. The van der Waals surface area contributed by atoms with E-state index in [1.165, 1.54) is 11.6 Å². The number of hydrogen-bond acceptors (Lipinski definition) is 3. The van der Waals surface area contributed by atoms with Crippen molar-refractivity contribution in [2.45, 2.75) is 70.4 Å². The van der Waals surface area contributed by atoms with Gasteiger partial charge in [-0.2, -0.15) is 13.2 Å². The van der Waals surface area contributed by atoms with E-state index < -0.39 is 17.2 Å². The lowest BCUT2D eigenvalue weighted by molar-refractivity contribution is -0.137. The Morgan fingerprint density at radius 3 is 2.03 bits per heavy atom. The number of nitrogens with one attached hydrogen (secondary N) is 1. The molecule has 0 saturated carbocycles. The zero-order valence-corrected chi connectivity index (χ0v) is 22.1. The number of benzene rings is 2. The first kappa shape index (κ1) is 26.5. The molecule has 0 bridgehead atoms. The molecule has 2 aromatic carbocycles. The van der Waals surface area contributed by atoms with Gasteiger partial charge in [0.25, 0.3) is 0 Å². The van der Waals surface area contributed by atoms with Crippen LogP contribution >= 0.6 is 0 Å². The van der Waals surface area contributed by atoms with Crippen molar-refractivity contribution in [1.82, 2.24) is 4.90 Å². The molecule has 0 aromatic heterocycles. The summed E-state index contributed by atoms with van der Waals surface area (Å²) in [5, 5.41) is 2.93. The first-order chi connectivity index (χ1) is 16.8. The topological polar surface area (TPSA) is 35.6 Å². The molecule has 0 atom stereocenters. The molecule has 2 aliphatic heterocycles. The summed E-state index contributed by atoms with van der Waals surface area (Å²) >= 11 is 0. The number of piperazine rings is 1. The summed E-state index contributed by atoms with van der Waals surface area (Å²) in [6.07, 6.45) is -1.60. The molecule has 4 nitrogen and oxygen atoms in total. The molecule has 1 saturated heterocycles. The van der Waals surface area contributed by atoms with Crippen molar-refractivity contribution in [3.63, 3.8) is 0 Å². The van der Waals surface area contributed by atoms with Gasteiger partial charge in [-0.15, -0.1) is 0 Å². The Hall–Kier alpha value is -2.54. The van der Waals surface area contributed by atoms with Crippen molar-refractivity contribution in [2.75, 3.05) is 43.4 Å². The summed E-state index contributed by atoms with van der Waals surface area (Å²) in [5.74, 6) is 0.0492. The summed E-state index contributed by atoms with van der Waals surface area (Å²) in [4.78, 5) is 15.7. The van der Waals surface area contributed by atoms with Crippen LogP contribution in [0.25, 0.3) is 0 Å². The second-order valence-corrected chi connectivity index (χ2v) is 11.7. The van der Waals surface area contributed by atoms with Crippen molar-refractivity contribution in [2.24, 2.45) is 0 Å². The number of amides is 1. The molecule has 1 amide bonds. The number of aryl methyl sites for hydroxylation is 1. The molecule has 1 N–H and O–H groups in total. The van der Waals surface area contributed by atoms with Crippen LogP contribution in [0.15, 0.2) is 36.4 Å². The Kier molecular flexibility index (Phi) is 7.17. The number of likely N-dealkylation sites (N-methyl/N-ethyl adjacent to an activating group) is 1. The van der Waals surface area contributed by atoms with Gasteiger partial charge in [0.15, 0.2) is 0 Å². The second kappa shape index (κ2) is 9.73. The zero-order chi connectivity index (χ0) is 26.3. The van der Waals surface area contributed by atoms with Gasteiger partial charge in [0.2, 0.25) is 5.91 Å². The van der Waals surface area contributed by atoms with E-state index in [9.17, 15) is 18.0 Å². The quantitative estimate of drug-likeness (QED) is 0.499. The Bertz CT molecular complexity index is 1120. The number of alkyl halides is 3. The van der Waals surface area contributed by atoms with Gasteiger partial charge < -0.3 is 15.1 Å². The largest absolute Gasteiger partial charge is 0.418 e. The van der Waals surface area contributed by atoms with Gasteiger partial charge in [0, 0.05) is 44.0 Å². The third-order valence-electron chi connectivity index (χ3n) is 8.08. The fraction of sp³-hybridized carbons (Fsp3) is 0.552. The van der Waals surface area contributed by atoms with Crippen molar-refractivity contribution in [3.8, 4) is 0 Å². The van der Waals surface area contributed by atoms with Crippen molar-refractivity contribution < 1.29 is 18.0 Å². The molecule has 7 heteroatoms. The van der Waals surface area contributed by atoms with Crippen molar-refractivity contribution >= 4 is 17.3 Å². The van der Waals surface area contributed by atoms with Gasteiger partial charge in [-0.25, -0.2) is 0 Å². The Labute approximate surface area is 212 Å². The lowest BCUT2D eigenvalue weighted by Crippen LogP contribution is -2.45. The van der Waals surface area contributed by atoms with E-state index in [1.54, 1.807) is 6.07 Å². The van der Waals surface area contributed by atoms with Crippen LogP contribution in [0.2, 0.25) is 0 Å². The fourth-order valence-corrected chi connectivity index (χ4v) is 5.23. The number of anilines is 2. The molecule has 4 rings (SSSR count). The van der Waals surface area contributed by atoms with Crippen molar-refractivity contribution in [1.29, 1.82) is 0 Å². The van der Waals surface area contributed by atoms with Crippen LogP contribution in [0.3, 0.4) is 0 Å². The molecule has 2 aliphatic rings. The van der Waals surface area contributed by atoms with E-state index in [-0.39, 0.29) is 17.0 Å². The van der Waals surface area contributed by atoms with Gasteiger partial charge in [-0.05, 0) is 72.0 Å². The first-order valence-electron chi connectivity index (χ1n) is 12.8. The van der Waals surface area contributed by atoms with Crippen LogP contribution in [0, 0.1) is 0 Å². The molecule has 1 fully saturated rings. The van der Waals surface area contributed by atoms with Gasteiger partial charge in [0.05, 0.1) is 5.56 Å². The average Bonchev–Trinajstić information content (AvgIpc) is 2.82. The number of fused-ring (bicyclic) bond motifs is 1. The van der Waals surface area contributed by atoms with E-state index in [1.807, 2.05) is 37.9 Å². The smallest absolute Gasteiger partial charge is 0.368 e. The van der Waals surface area contributed by atoms with E-state index >= 15 is 0 Å². The molecule has 196 valence electrons. The molecular weight excluding hydrogens is 463 g/mol. The van der Waals surface area contributed by atoms with Gasteiger partial charge in [0.1, 0.15) is 0 Å². The fourth-order valence-electron chi connectivity index (χ4n) is 5.23. The number of hydrogen-bond donors (Lipinski definition) is 1. The molecule has 0 spiro atoms. The highest BCUT2D eigenvalue weighted by atomic mass is 19.4. The monoisotopic (exact) mass is 501 g/mol. The highest BCUT2D eigenvalue weighted by Gasteiger charge is 2.37. The first-order valence-corrected chi connectivity index (χ1v) is 12.8. The summed E-state index contributed by atoms with van der Waals surface area (Å²) in [6.45, 7) is 11.2. The van der Waals surface area contributed by atoms with E-state index in [2.05, 4.69) is 36.2 Å². The molecule has 0 radical (unpaired) electrons. The molecule has 36 heavy (non-hydrogen) atoms. The number of carbonyl (C=O) groups is 1. The minimum absolute atomic E-state index is 0.0492. The Morgan fingerprint density at radius 2 is 1.42 bits per heavy atom. The Morgan fingerprint density at radius 1 is 0.833 bits per heavy atom. The van der Waals surface area contributed by atoms with Crippen LogP contribution in [0.1, 0.15) is 69.2 Å². The molecule has 0 unspecified atom stereocenters. The SMILES string of the molecule is CN1CCN(c2ccc(C(C)(C)CCC(C)(C)c3ccc4c(c3)CCC(=O)N4)cc2C(F)(F)F)CC1. The second-order valence-electron chi connectivity index (χ2n) is 11.7. The number of rotatable bonds is 6. The van der Waals surface area contributed by atoms with Crippen LogP contribution in [0.4, 0.5) is 24.5 Å². The van der Waals surface area contributed by atoms with E-state index in [0.29, 0.717) is 19.5 Å². The van der Waals surface area contributed by atoms with E-state index in [0.717, 1.165) is 49.2 Å². The third kappa shape index (κ3) is 5.72. The maximum atomic E-state index is 14.1. The van der Waals surface area contributed by atoms with Crippen LogP contribution in [-0.4, -0.2) is 44.0 Å². The van der Waals surface area contributed by atoms with Gasteiger partial charge >= 0.3 is 6.18 Å². The maximum absolute atomic E-state index is 14.1. The molecular formula is C29H38F3N3O. The van der Waals surface area contributed by atoms with Gasteiger partial charge in [-0.3, -0.25) is 4.79 Å². The standard InChI is InChI=1S/C29H38F3N3O/c1-27(2,21-7-9-24-20(18-21)6-11-26(36)33-24)12-13-28(3,4)22-8-10-25(23(19-22)29(30,31)32)35-16-14-34(5)15-17-35/h7-10,18-19H,6,11-17H2,1-5H3,(H,33,36). The predicted octanol–water partition coefficient (Wildman–Crippen LogP) is 6.38. The Balaban J connectivity index is 1.53. The summed E-state index contributed by atoms with van der Waals surface area (Å²) < 4.78 is 42.4. The van der Waals surface area contributed by atoms with Crippen LogP contribution < -0.4 is 10.2 Å². The maximum Gasteiger partial charge on any atom is 0.418 e. The zero-order valence-electron chi connectivity index (χ0n) is 22.1. The number of carbonyl (C=O) groups excluding carboxylic acids is 1. The minimum atomic E-state index is -4.40. The van der Waals surface area contributed by atoms with Crippen molar-refractivity contribution in [3.05, 3.63) is 58.7 Å². The molecule has 0 aliphatic carbocycles. The normalized spacial score (nSPS) is 17.7. The summed E-state index contributed by atoms with van der Waals surface area (Å²) in [6, 6.07) is 11.1. The van der Waals surface area contributed by atoms with Crippen LogP contribution in [0.5, 0.6) is 0 Å². The number of nitrogens with zero attached hydrogens (tertiary/aromatic N) is 2. The van der Waals surface area contributed by atoms with Gasteiger partial charge in [-0.1, -0.05) is 45.9 Å².